The number of hydrogen-bond acceptors (Lipinski definition) is 3. The molecule has 3 nitrogen and oxygen atoms in total. The highest BCUT2D eigenvalue weighted by atomic mass is 79.9. The Labute approximate surface area is 97.7 Å². The Kier molecular flexibility index (Phi) is 4.15. The van der Waals surface area contributed by atoms with E-state index in [1.165, 1.54) is 0 Å². The van der Waals surface area contributed by atoms with E-state index in [9.17, 15) is 4.79 Å². The molecular formula is C11H14BrNO2. The molecule has 0 saturated carbocycles. The van der Waals surface area contributed by atoms with E-state index in [0.29, 0.717) is 11.3 Å². The molecule has 1 aromatic carbocycles. The lowest BCUT2D eigenvalue weighted by Gasteiger charge is -2.12. The maximum Gasteiger partial charge on any atom is 0.340 e. The average Bonchev–Trinajstić information content (AvgIpc) is 2.21. The monoisotopic (exact) mass is 271 g/mol. The van der Waals surface area contributed by atoms with Crippen LogP contribution in [-0.4, -0.2) is 12.1 Å². The predicted molar refractivity (Wildman–Crippen MR) is 63.7 cm³/mol. The molecule has 82 valence electrons. The van der Waals surface area contributed by atoms with Crippen molar-refractivity contribution in [1.29, 1.82) is 0 Å². The van der Waals surface area contributed by atoms with Crippen LogP contribution in [0.5, 0.6) is 0 Å². The molecule has 1 atom stereocenters. The van der Waals surface area contributed by atoms with E-state index in [0.717, 1.165) is 10.9 Å². The molecule has 0 radical (unpaired) electrons. The minimum absolute atomic E-state index is 0.0871. The van der Waals surface area contributed by atoms with Gasteiger partial charge in [0.1, 0.15) is 0 Å². The zero-order chi connectivity index (χ0) is 11.4. The minimum atomic E-state index is -0.372. The van der Waals surface area contributed by atoms with Crippen LogP contribution in [-0.2, 0) is 4.74 Å². The Bertz CT molecular complexity index is 366. The molecule has 1 aromatic rings. The van der Waals surface area contributed by atoms with Crippen LogP contribution >= 0.6 is 15.9 Å². The molecule has 1 rings (SSSR count). The molecule has 1 unspecified atom stereocenters. The first-order chi connectivity index (χ1) is 7.04. The van der Waals surface area contributed by atoms with Gasteiger partial charge in [0, 0.05) is 10.2 Å². The first kappa shape index (κ1) is 12.0. The molecule has 0 saturated heterocycles. The lowest BCUT2D eigenvalue weighted by Crippen LogP contribution is -2.15. The average molecular weight is 272 g/mol. The van der Waals surface area contributed by atoms with Gasteiger partial charge in [0.05, 0.1) is 11.7 Å². The minimum Gasteiger partial charge on any atom is -0.459 e. The van der Waals surface area contributed by atoms with E-state index in [4.69, 9.17) is 10.5 Å². The summed E-state index contributed by atoms with van der Waals surface area (Å²) in [5.41, 5.74) is 6.53. The molecule has 0 aromatic heterocycles. The molecule has 0 aliphatic carbocycles. The second-order valence-corrected chi connectivity index (χ2v) is 4.27. The van der Waals surface area contributed by atoms with Gasteiger partial charge in [0.25, 0.3) is 0 Å². The number of halogens is 1. The summed E-state index contributed by atoms with van der Waals surface area (Å²) in [5.74, 6) is -0.372. The standard InChI is InChI=1S/C11H14BrNO2/c1-3-7(2)15-11(14)9-6-8(12)4-5-10(9)13/h4-7H,3,13H2,1-2H3. The lowest BCUT2D eigenvalue weighted by atomic mass is 10.2. The molecule has 0 heterocycles. The molecule has 0 aliphatic heterocycles. The van der Waals surface area contributed by atoms with Crippen LogP contribution in [0, 0.1) is 0 Å². The topological polar surface area (TPSA) is 52.3 Å². The van der Waals surface area contributed by atoms with Crippen LogP contribution < -0.4 is 5.73 Å². The summed E-state index contributed by atoms with van der Waals surface area (Å²) in [4.78, 5) is 11.7. The quantitative estimate of drug-likeness (QED) is 0.679. The number of carbonyl (C=O) groups excluding carboxylic acids is 1. The Morgan fingerprint density at radius 3 is 2.87 bits per heavy atom. The summed E-state index contributed by atoms with van der Waals surface area (Å²) in [5, 5.41) is 0. The van der Waals surface area contributed by atoms with Crippen molar-refractivity contribution in [1.82, 2.24) is 0 Å². The molecule has 2 N–H and O–H groups in total. The highest BCUT2D eigenvalue weighted by Crippen LogP contribution is 2.19. The summed E-state index contributed by atoms with van der Waals surface area (Å²) in [6.07, 6.45) is 0.704. The fourth-order valence-corrected chi connectivity index (χ4v) is 1.40. The van der Waals surface area contributed by atoms with Crippen molar-refractivity contribution in [3.63, 3.8) is 0 Å². The molecule has 4 heteroatoms. The van der Waals surface area contributed by atoms with E-state index in [2.05, 4.69) is 15.9 Å². The van der Waals surface area contributed by atoms with Crippen molar-refractivity contribution < 1.29 is 9.53 Å². The van der Waals surface area contributed by atoms with Crippen molar-refractivity contribution in [2.75, 3.05) is 5.73 Å². The highest BCUT2D eigenvalue weighted by molar-refractivity contribution is 9.10. The molecule has 0 bridgehead atoms. The smallest absolute Gasteiger partial charge is 0.340 e. The van der Waals surface area contributed by atoms with Crippen molar-refractivity contribution in [2.45, 2.75) is 26.4 Å². The van der Waals surface area contributed by atoms with Gasteiger partial charge in [-0.2, -0.15) is 0 Å². The van der Waals surface area contributed by atoms with Crippen LogP contribution in [0.1, 0.15) is 30.6 Å². The van der Waals surface area contributed by atoms with Gasteiger partial charge >= 0.3 is 5.97 Å². The summed E-state index contributed by atoms with van der Waals surface area (Å²) in [6, 6.07) is 5.13. The summed E-state index contributed by atoms with van der Waals surface area (Å²) < 4.78 is 5.99. The summed E-state index contributed by atoms with van der Waals surface area (Å²) in [7, 11) is 0. The van der Waals surface area contributed by atoms with E-state index < -0.39 is 0 Å². The Balaban J connectivity index is 2.86. The van der Waals surface area contributed by atoms with Crippen LogP contribution in [0.15, 0.2) is 22.7 Å². The second kappa shape index (κ2) is 5.16. The first-order valence-corrected chi connectivity index (χ1v) is 5.60. The largest absolute Gasteiger partial charge is 0.459 e. The molecule has 0 spiro atoms. The molecule has 15 heavy (non-hydrogen) atoms. The van der Waals surface area contributed by atoms with Gasteiger partial charge < -0.3 is 10.5 Å². The molecule has 0 aliphatic rings. The molecule has 0 fully saturated rings. The first-order valence-electron chi connectivity index (χ1n) is 4.80. The van der Waals surface area contributed by atoms with Gasteiger partial charge in [-0.3, -0.25) is 0 Å². The number of hydrogen-bond donors (Lipinski definition) is 1. The van der Waals surface area contributed by atoms with E-state index in [1.54, 1.807) is 18.2 Å². The van der Waals surface area contributed by atoms with Gasteiger partial charge in [0.15, 0.2) is 0 Å². The van der Waals surface area contributed by atoms with Gasteiger partial charge in [-0.05, 0) is 31.5 Å². The summed E-state index contributed by atoms with van der Waals surface area (Å²) in [6.45, 7) is 3.81. The molecule has 0 amide bonds. The third kappa shape index (κ3) is 3.23. The van der Waals surface area contributed by atoms with E-state index in [-0.39, 0.29) is 12.1 Å². The van der Waals surface area contributed by atoms with Crippen LogP contribution in [0.4, 0.5) is 5.69 Å². The SMILES string of the molecule is CCC(C)OC(=O)c1cc(Br)ccc1N. The van der Waals surface area contributed by atoms with Gasteiger partial charge in [-0.25, -0.2) is 4.79 Å². The predicted octanol–water partition coefficient (Wildman–Crippen LogP) is 2.99. The zero-order valence-electron chi connectivity index (χ0n) is 8.79. The Morgan fingerprint density at radius 2 is 2.27 bits per heavy atom. The van der Waals surface area contributed by atoms with Crippen LogP contribution in [0.25, 0.3) is 0 Å². The van der Waals surface area contributed by atoms with E-state index >= 15 is 0 Å². The third-order valence-corrected chi connectivity index (χ3v) is 2.61. The van der Waals surface area contributed by atoms with E-state index in [1.807, 2.05) is 13.8 Å². The fourth-order valence-electron chi connectivity index (χ4n) is 1.03. The van der Waals surface area contributed by atoms with Crippen molar-refractivity contribution in [2.24, 2.45) is 0 Å². The normalized spacial score (nSPS) is 12.2. The Morgan fingerprint density at radius 1 is 1.60 bits per heavy atom. The number of carbonyl (C=O) groups is 1. The maximum atomic E-state index is 11.7. The third-order valence-electron chi connectivity index (χ3n) is 2.12. The Hall–Kier alpha value is -1.03. The zero-order valence-corrected chi connectivity index (χ0v) is 10.4. The van der Waals surface area contributed by atoms with Crippen molar-refractivity contribution in [3.05, 3.63) is 28.2 Å². The number of benzene rings is 1. The number of rotatable bonds is 3. The van der Waals surface area contributed by atoms with Crippen molar-refractivity contribution in [3.8, 4) is 0 Å². The number of nitrogen functional groups attached to an aromatic ring is 1. The fraction of sp³-hybridized carbons (Fsp3) is 0.364. The lowest BCUT2D eigenvalue weighted by molar-refractivity contribution is 0.0335. The van der Waals surface area contributed by atoms with Gasteiger partial charge in [-0.1, -0.05) is 22.9 Å². The molecular weight excluding hydrogens is 258 g/mol. The van der Waals surface area contributed by atoms with Crippen molar-refractivity contribution >= 4 is 27.6 Å². The maximum absolute atomic E-state index is 11.7. The highest BCUT2D eigenvalue weighted by Gasteiger charge is 2.13. The van der Waals surface area contributed by atoms with Gasteiger partial charge in [0.2, 0.25) is 0 Å². The van der Waals surface area contributed by atoms with Gasteiger partial charge in [-0.15, -0.1) is 0 Å². The number of anilines is 1. The number of esters is 1. The number of nitrogens with two attached hydrogens (primary N) is 1. The van der Waals surface area contributed by atoms with Crippen LogP contribution in [0.2, 0.25) is 0 Å². The second-order valence-electron chi connectivity index (χ2n) is 3.36. The van der Waals surface area contributed by atoms with Crippen LogP contribution in [0.3, 0.4) is 0 Å². The number of ether oxygens (including phenoxy) is 1. The summed E-state index contributed by atoms with van der Waals surface area (Å²) >= 11 is 3.28.